The molecule has 1 saturated carbocycles. The van der Waals surface area contributed by atoms with Crippen LogP contribution in [0.1, 0.15) is 34.5 Å². The molecular weight excluding hydrogens is 454 g/mol. The van der Waals surface area contributed by atoms with Gasteiger partial charge in [0.05, 0.1) is 36.4 Å². The number of piperidine rings is 1. The summed E-state index contributed by atoms with van der Waals surface area (Å²) in [5.41, 5.74) is 0.280. The highest BCUT2D eigenvalue weighted by Crippen LogP contribution is 2.40. The van der Waals surface area contributed by atoms with E-state index < -0.39 is 17.7 Å². The van der Waals surface area contributed by atoms with Crippen LogP contribution in [0.4, 0.5) is 23.4 Å². The highest BCUT2D eigenvalue weighted by molar-refractivity contribution is 5.99. The Labute approximate surface area is 191 Å². The van der Waals surface area contributed by atoms with Gasteiger partial charge in [0.1, 0.15) is 11.5 Å². The fourth-order valence-electron chi connectivity index (χ4n) is 4.65. The second-order valence-electron chi connectivity index (χ2n) is 8.53. The Hall–Kier alpha value is -3.70. The first-order chi connectivity index (χ1) is 16.2. The first-order valence-corrected chi connectivity index (χ1v) is 10.6. The van der Waals surface area contributed by atoms with Crippen molar-refractivity contribution in [3.05, 3.63) is 59.7 Å². The van der Waals surface area contributed by atoms with Crippen molar-refractivity contribution >= 4 is 11.7 Å². The van der Waals surface area contributed by atoms with Gasteiger partial charge in [0.15, 0.2) is 17.3 Å². The monoisotopic (exact) mass is 473 g/mol. The predicted octanol–water partition coefficient (Wildman–Crippen LogP) is 3.51. The minimum atomic E-state index is -4.56. The molecule has 1 N–H and O–H groups in total. The highest BCUT2D eigenvalue weighted by atomic mass is 19.4. The number of carbonyl (C=O) groups excluding carboxylic acids is 1. The van der Waals surface area contributed by atoms with Crippen LogP contribution in [-0.2, 0) is 6.18 Å². The maximum absolute atomic E-state index is 13.6. The van der Waals surface area contributed by atoms with E-state index in [-0.39, 0.29) is 41.2 Å². The van der Waals surface area contributed by atoms with E-state index in [1.807, 2.05) is 6.92 Å². The molecule has 2 fully saturated rings. The van der Waals surface area contributed by atoms with Gasteiger partial charge in [-0.2, -0.15) is 13.2 Å². The molecule has 1 saturated heterocycles. The summed E-state index contributed by atoms with van der Waals surface area (Å²) < 4.78 is 51.5. The number of rotatable bonds is 4. The number of carbonyl (C=O) groups is 1. The van der Waals surface area contributed by atoms with Gasteiger partial charge in [-0.3, -0.25) is 9.78 Å². The van der Waals surface area contributed by atoms with Gasteiger partial charge < -0.3 is 10.2 Å². The Morgan fingerprint density at radius 1 is 1.03 bits per heavy atom. The number of hydrogen-bond acceptors (Lipinski definition) is 7. The van der Waals surface area contributed by atoms with Crippen molar-refractivity contribution < 1.29 is 22.4 Å². The van der Waals surface area contributed by atoms with Crippen molar-refractivity contribution in [3.63, 3.8) is 0 Å². The summed E-state index contributed by atoms with van der Waals surface area (Å²) in [6.07, 6.45) is 2.32. The summed E-state index contributed by atoms with van der Waals surface area (Å²) in [4.78, 5) is 34.9. The topological polar surface area (TPSA) is 96.8 Å². The summed E-state index contributed by atoms with van der Waals surface area (Å²) in [6.45, 7) is 2.36. The number of halogens is 4. The second-order valence-corrected chi connectivity index (χ2v) is 8.53. The van der Waals surface area contributed by atoms with Crippen LogP contribution in [0.3, 0.4) is 0 Å². The van der Waals surface area contributed by atoms with E-state index in [9.17, 15) is 22.4 Å². The zero-order valence-corrected chi connectivity index (χ0v) is 17.9. The normalized spacial score (nSPS) is 21.7. The Balaban J connectivity index is 1.38. The van der Waals surface area contributed by atoms with Gasteiger partial charge in [0.25, 0.3) is 5.91 Å². The molecule has 3 atom stereocenters. The Bertz CT molecular complexity index is 1220. The quantitative estimate of drug-likeness (QED) is 0.580. The van der Waals surface area contributed by atoms with E-state index in [0.29, 0.717) is 18.3 Å². The average Bonchev–Trinajstić information content (AvgIpc) is 3.40. The Morgan fingerprint density at radius 3 is 2.44 bits per heavy atom. The largest absolute Gasteiger partial charge is 0.434 e. The van der Waals surface area contributed by atoms with Crippen LogP contribution in [0.25, 0.3) is 11.5 Å². The number of nitrogens with one attached hydrogen (secondary N) is 1. The van der Waals surface area contributed by atoms with Crippen molar-refractivity contribution in [2.45, 2.75) is 38.0 Å². The first kappa shape index (κ1) is 22.1. The summed E-state index contributed by atoms with van der Waals surface area (Å²) in [5.74, 6) is -0.242. The van der Waals surface area contributed by atoms with Crippen LogP contribution in [0.2, 0.25) is 0 Å². The lowest BCUT2D eigenvalue weighted by Gasteiger charge is -2.34. The number of amides is 1. The number of pyridine rings is 1. The zero-order valence-electron chi connectivity index (χ0n) is 17.9. The number of likely N-dealkylation sites (tertiary alicyclic amines) is 1. The van der Waals surface area contributed by atoms with E-state index >= 15 is 0 Å². The molecule has 0 unspecified atom stereocenters. The molecule has 2 aliphatic rings. The SMILES string of the molecule is Cc1cnc(-c2ncc(F)cn2)c(C(=O)N2C[C@H]3C[C@@H](Nc4cnc(C(F)(F)F)cn4)[C@@H]2C3)c1. The fraction of sp³-hybridized carbons (Fsp3) is 0.364. The molecule has 2 bridgehead atoms. The molecule has 12 heteroatoms. The molecule has 8 nitrogen and oxygen atoms in total. The predicted molar refractivity (Wildman–Crippen MR) is 112 cm³/mol. The molecule has 4 heterocycles. The van der Waals surface area contributed by atoms with Gasteiger partial charge in [-0.1, -0.05) is 0 Å². The van der Waals surface area contributed by atoms with Gasteiger partial charge in [-0.15, -0.1) is 0 Å². The third-order valence-electron chi connectivity index (χ3n) is 6.11. The molecule has 3 aromatic rings. The average molecular weight is 473 g/mol. The summed E-state index contributed by atoms with van der Waals surface area (Å²) in [5, 5.41) is 3.13. The number of nitrogens with zero attached hydrogens (tertiary/aromatic N) is 6. The summed E-state index contributed by atoms with van der Waals surface area (Å²) in [7, 11) is 0. The van der Waals surface area contributed by atoms with Crippen molar-refractivity contribution in [1.82, 2.24) is 29.8 Å². The van der Waals surface area contributed by atoms with Crippen LogP contribution in [-0.4, -0.2) is 54.4 Å². The number of aryl methyl sites for hydroxylation is 1. The molecule has 3 aromatic heterocycles. The molecule has 1 aliphatic carbocycles. The lowest BCUT2D eigenvalue weighted by molar-refractivity contribution is -0.141. The van der Waals surface area contributed by atoms with E-state index in [0.717, 1.165) is 37.0 Å². The molecule has 176 valence electrons. The Kier molecular flexibility index (Phi) is 5.37. The Morgan fingerprint density at radius 2 is 1.79 bits per heavy atom. The molecule has 34 heavy (non-hydrogen) atoms. The van der Waals surface area contributed by atoms with Crippen LogP contribution in [0.15, 0.2) is 37.1 Å². The second kappa shape index (κ2) is 8.26. The van der Waals surface area contributed by atoms with E-state index in [4.69, 9.17) is 0 Å². The number of anilines is 1. The minimum Gasteiger partial charge on any atom is -0.364 e. The van der Waals surface area contributed by atoms with Crippen molar-refractivity contribution in [2.75, 3.05) is 11.9 Å². The molecule has 1 amide bonds. The maximum Gasteiger partial charge on any atom is 0.434 e. The summed E-state index contributed by atoms with van der Waals surface area (Å²) in [6, 6.07) is 1.34. The number of alkyl halides is 3. The summed E-state index contributed by atoms with van der Waals surface area (Å²) >= 11 is 0. The fourth-order valence-corrected chi connectivity index (χ4v) is 4.65. The van der Waals surface area contributed by atoms with Crippen molar-refractivity contribution in [2.24, 2.45) is 5.92 Å². The standard InChI is InChI=1S/C22H19F4N7O/c1-11-2-14(19(29-5-11)20-30-6-13(23)7-31-20)21(34)33-10-12-3-15(16(33)4-12)32-18-9-27-17(8-28-18)22(24,25)26/h2,5-9,12,15-16H,3-4,10H2,1H3,(H,28,32)/t12-,15+,16-/m0/s1. The van der Waals surface area contributed by atoms with Crippen LogP contribution >= 0.6 is 0 Å². The maximum atomic E-state index is 13.6. The zero-order chi connectivity index (χ0) is 24.0. The lowest BCUT2D eigenvalue weighted by Crippen LogP contribution is -2.48. The molecule has 0 spiro atoms. The van der Waals surface area contributed by atoms with Crippen molar-refractivity contribution in [1.29, 1.82) is 0 Å². The third-order valence-corrected chi connectivity index (χ3v) is 6.11. The number of fused-ring (bicyclic) bond motifs is 2. The van der Waals surface area contributed by atoms with Gasteiger partial charge in [0, 0.05) is 18.8 Å². The molecule has 5 rings (SSSR count). The molecule has 0 radical (unpaired) electrons. The minimum absolute atomic E-state index is 0.142. The third kappa shape index (κ3) is 4.15. The van der Waals surface area contributed by atoms with Crippen LogP contribution in [0, 0.1) is 18.7 Å². The van der Waals surface area contributed by atoms with Crippen molar-refractivity contribution in [3.8, 4) is 11.5 Å². The highest BCUT2D eigenvalue weighted by Gasteiger charge is 2.47. The van der Waals surface area contributed by atoms with Gasteiger partial charge >= 0.3 is 6.18 Å². The van der Waals surface area contributed by atoms with E-state index in [1.165, 1.54) is 0 Å². The van der Waals surface area contributed by atoms with Crippen LogP contribution in [0.5, 0.6) is 0 Å². The van der Waals surface area contributed by atoms with E-state index in [2.05, 4.69) is 30.2 Å². The molecular formula is C22H19F4N7O. The smallest absolute Gasteiger partial charge is 0.364 e. The first-order valence-electron chi connectivity index (χ1n) is 10.6. The van der Waals surface area contributed by atoms with Gasteiger partial charge in [-0.05, 0) is 37.3 Å². The van der Waals surface area contributed by atoms with Crippen LogP contribution < -0.4 is 5.32 Å². The number of hydrogen-bond donors (Lipinski definition) is 1. The van der Waals surface area contributed by atoms with Gasteiger partial charge in [-0.25, -0.2) is 24.3 Å². The molecule has 1 aliphatic heterocycles. The lowest BCUT2D eigenvalue weighted by atomic mass is 10.0. The number of aromatic nitrogens is 5. The van der Waals surface area contributed by atoms with Gasteiger partial charge in [0.2, 0.25) is 0 Å². The molecule has 0 aromatic carbocycles. The van der Waals surface area contributed by atoms with E-state index in [1.54, 1.807) is 17.2 Å².